The number of rotatable bonds is 4. The molecule has 2 heterocycles. The summed E-state index contributed by atoms with van der Waals surface area (Å²) in [6.45, 7) is 2.67. The Morgan fingerprint density at radius 2 is 2.39 bits per heavy atom. The lowest BCUT2D eigenvalue weighted by Gasteiger charge is -2.06. The average Bonchev–Trinajstić information content (AvgIpc) is 2.77. The Morgan fingerprint density at radius 3 is 3.06 bits per heavy atom. The van der Waals surface area contributed by atoms with Crippen LogP contribution < -0.4 is 5.32 Å². The predicted octanol–water partition coefficient (Wildman–Crippen LogP) is 3.03. The largest absolute Gasteiger partial charge is 0.368 e. The summed E-state index contributed by atoms with van der Waals surface area (Å²) in [4.78, 5) is 8.48. The molecule has 0 aromatic carbocycles. The Morgan fingerprint density at radius 1 is 1.56 bits per heavy atom. The van der Waals surface area contributed by atoms with Crippen LogP contribution in [-0.2, 0) is 6.42 Å². The highest BCUT2D eigenvalue weighted by atomic mass is 35.5. The van der Waals surface area contributed by atoms with Crippen molar-refractivity contribution in [3.63, 3.8) is 0 Å². The molecular formula is C12H11ClN4S. The third kappa shape index (κ3) is 2.97. The lowest BCUT2D eigenvalue weighted by Crippen LogP contribution is -2.07. The summed E-state index contributed by atoms with van der Waals surface area (Å²) < 4.78 is 0. The number of nitrogens with zero attached hydrogens (tertiary/aromatic N) is 3. The van der Waals surface area contributed by atoms with E-state index in [1.807, 2.05) is 18.4 Å². The smallest absolute Gasteiger partial charge is 0.146 e. The highest BCUT2D eigenvalue weighted by molar-refractivity contribution is 7.09. The summed E-state index contributed by atoms with van der Waals surface area (Å²) in [7, 11) is 0. The molecule has 0 spiro atoms. The van der Waals surface area contributed by atoms with Gasteiger partial charge in [0.1, 0.15) is 16.9 Å². The van der Waals surface area contributed by atoms with Gasteiger partial charge < -0.3 is 5.32 Å². The van der Waals surface area contributed by atoms with E-state index >= 15 is 0 Å². The Kier molecular flexibility index (Phi) is 4.13. The summed E-state index contributed by atoms with van der Waals surface area (Å²) in [6.07, 6.45) is 2.37. The lowest BCUT2D eigenvalue weighted by atomic mass is 10.3. The van der Waals surface area contributed by atoms with Gasteiger partial charge in [-0.15, -0.1) is 11.3 Å². The normalized spacial score (nSPS) is 10.1. The van der Waals surface area contributed by atoms with E-state index in [0.29, 0.717) is 22.9 Å². The van der Waals surface area contributed by atoms with Crippen LogP contribution in [0.2, 0.25) is 5.02 Å². The first-order chi connectivity index (χ1) is 8.70. The monoisotopic (exact) mass is 278 g/mol. The zero-order chi connectivity index (χ0) is 13.0. The number of hydrogen-bond donors (Lipinski definition) is 1. The summed E-state index contributed by atoms with van der Waals surface area (Å²) in [6, 6.07) is 3.62. The maximum absolute atomic E-state index is 8.85. The summed E-state index contributed by atoms with van der Waals surface area (Å²) >= 11 is 7.67. The van der Waals surface area contributed by atoms with Gasteiger partial charge >= 0.3 is 0 Å². The number of anilines is 1. The molecule has 0 saturated carbocycles. The fourth-order valence-electron chi connectivity index (χ4n) is 1.49. The molecule has 92 valence electrons. The standard InChI is InChI=1S/C12H11ClN4S/c1-8-17-10(7-18-8)3-5-16-12-11(13)9(6-14)2-4-15-12/h2,4,7H,3,5H2,1H3,(H,15,16). The number of hydrogen-bond acceptors (Lipinski definition) is 5. The van der Waals surface area contributed by atoms with Crippen LogP contribution in [0.4, 0.5) is 5.82 Å². The molecule has 6 heteroatoms. The van der Waals surface area contributed by atoms with Gasteiger partial charge in [-0.1, -0.05) is 11.6 Å². The molecule has 4 nitrogen and oxygen atoms in total. The van der Waals surface area contributed by atoms with Crippen molar-refractivity contribution >= 4 is 28.8 Å². The molecule has 1 N–H and O–H groups in total. The van der Waals surface area contributed by atoms with E-state index in [-0.39, 0.29) is 0 Å². The second kappa shape index (κ2) is 5.80. The van der Waals surface area contributed by atoms with Gasteiger partial charge in [0.15, 0.2) is 0 Å². The highest BCUT2D eigenvalue weighted by Gasteiger charge is 2.06. The minimum absolute atomic E-state index is 0.370. The van der Waals surface area contributed by atoms with E-state index in [9.17, 15) is 0 Å². The maximum Gasteiger partial charge on any atom is 0.146 e. The maximum atomic E-state index is 8.85. The first-order valence-corrected chi connectivity index (χ1v) is 6.66. The first kappa shape index (κ1) is 12.8. The van der Waals surface area contributed by atoms with Gasteiger partial charge in [-0.05, 0) is 13.0 Å². The van der Waals surface area contributed by atoms with E-state index in [0.717, 1.165) is 17.1 Å². The van der Waals surface area contributed by atoms with Crippen molar-refractivity contribution < 1.29 is 0 Å². The highest BCUT2D eigenvalue weighted by Crippen LogP contribution is 2.22. The van der Waals surface area contributed by atoms with Crippen LogP contribution in [0, 0.1) is 18.3 Å². The van der Waals surface area contributed by atoms with E-state index in [1.165, 1.54) is 0 Å². The molecule has 18 heavy (non-hydrogen) atoms. The Balaban J connectivity index is 1.97. The van der Waals surface area contributed by atoms with Crippen molar-refractivity contribution in [1.29, 1.82) is 5.26 Å². The number of thiazole rings is 1. The van der Waals surface area contributed by atoms with Crippen molar-refractivity contribution in [3.05, 3.63) is 38.9 Å². The van der Waals surface area contributed by atoms with Crippen molar-refractivity contribution in [2.45, 2.75) is 13.3 Å². The third-order valence-electron chi connectivity index (χ3n) is 2.35. The molecule has 0 fully saturated rings. The fourth-order valence-corrected chi connectivity index (χ4v) is 2.35. The number of aromatic nitrogens is 2. The first-order valence-electron chi connectivity index (χ1n) is 5.40. The molecule has 0 radical (unpaired) electrons. The van der Waals surface area contributed by atoms with Gasteiger partial charge in [0.05, 0.1) is 16.3 Å². The molecule has 2 rings (SSSR count). The molecule has 2 aromatic rings. The molecule has 0 aliphatic heterocycles. The third-order valence-corrected chi connectivity index (χ3v) is 3.55. The van der Waals surface area contributed by atoms with Crippen LogP contribution in [0.3, 0.4) is 0 Å². The number of halogens is 1. The van der Waals surface area contributed by atoms with Gasteiger partial charge in [-0.2, -0.15) is 5.26 Å². The van der Waals surface area contributed by atoms with Crippen molar-refractivity contribution in [2.24, 2.45) is 0 Å². The number of pyridine rings is 1. The molecule has 0 atom stereocenters. The summed E-state index contributed by atoms with van der Waals surface area (Å²) in [5, 5.41) is 15.4. The molecule has 2 aromatic heterocycles. The van der Waals surface area contributed by atoms with Crippen molar-refractivity contribution in [2.75, 3.05) is 11.9 Å². The minimum Gasteiger partial charge on any atom is -0.368 e. The molecule has 0 unspecified atom stereocenters. The van der Waals surface area contributed by atoms with Crippen LogP contribution in [0.1, 0.15) is 16.3 Å². The minimum atomic E-state index is 0.370. The van der Waals surface area contributed by atoms with E-state index in [2.05, 4.69) is 15.3 Å². The topological polar surface area (TPSA) is 61.6 Å². The van der Waals surface area contributed by atoms with Crippen LogP contribution in [-0.4, -0.2) is 16.5 Å². The van der Waals surface area contributed by atoms with Crippen molar-refractivity contribution in [3.8, 4) is 6.07 Å². The summed E-state index contributed by atoms with van der Waals surface area (Å²) in [5.74, 6) is 0.544. The van der Waals surface area contributed by atoms with Gasteiger partial charge in [0.2, 0.25) is 0 Å². The van der Waals surface area contributed by atoms with Gasteiger partial charge in [0, 0.05) is 24.5 Å². The summed E-state index contributed by atoms with van der Waals surface area (Å²) in [5.41, 5.74) is 1.48. The van der Waals surface area contributed by atoms with E-state index in [4.69, 9.17) is 16.9 Å². The average molecular weight is 279 g/mol. The number of nitrogens with one attached hydrogen (secondary N) is 1. The Hall–Kier alpha value is -1.64. The molecule has 0 amide bonds. The van der Waals surface area contributed by atoms with E-state index < -0.39 is 0 Å². The molecule has 0 bridgehead atoms. The Labute approximate surface area is 114 Å². The Bertz CT molecular complexity index is 588. The van der Waals surface area contributed by atoms with Crippen molar-refractivity contribution in [1.82, 2.24) is 9.97 Å². The zero-order valence-electron chi connectivity index (χ0n) is 9.77. The molecule has 0 aliphatic carbocycles. The molecule has 0 saturated heterocycles. The van der Waals surface area contributed by atoms with Crippen LogP contribution >= 0.6 is 22.9 Å². The van der Waals surface area contributed by atoms with Gasteiger partial charge in [-0.25, -0.2) is 9.97 Å². The SMILES string of the molecule is Cc1nc(CCNc2nccc(C#N)c2Cl)cs1. The molecule has 0 aliphatic rings. The quantitative estimate of drug-likeness (QED) is 0.934. The zero-order valence-corrected chi connectivity index (χ0v) is 11.3. The van der Waals surface area contributed by atoms with Crippen LogP contribution in [0.15, 0.2) is 17.6 Å². The second-order valence-corrected chi connectivity index (χ2v) is 5.11. The van der Waals surface area contributed by atoms with E-state index in [1.54, 1.807) is 23.6 Å². The predicted molar refractivity (Wildman–Crippen MR) is 73.0 cm³/mol. The second-order valence-electron chi connectivity index (χ2n) is 3.67. The van der Waals surface area contributed by atoms with Gasteiger partial charge in [0.25, 0.3) is 0 Å². The lowest BCUT2D eigenvalue weighted by molar-refractivity contribution is 0.960. The molecular weight excluding hydrogens is 268 g/mol. The van der Waals surface area contributed by atoms with Crippen LogP contribution in [0.25, 0.3) is 0 Å². The van der Waals surface area contributed by atoms with Crippen LogP contribution in [0.5, 0.6) is 0 Å². The number of aryl methyl sites for hydroxylation is 1. The fraction of sp³-hybridized carbons (Fsp3) is 0.250. The number of nitriles is 1. The van der Waals surface area contributed by atoms with Gasteiger partial charge in [-0.3, -0.25) is 0 Å².